The van der Waals surface area contributed by atoms with E-state index in [4.69, 9.17) is 9.72 Å². The molecule has 1 aliphatic rings. The number of thioether (sulfide) groups is 1. The Morgan fingerprint density at radius 3 is 2.59 bits per heavy atom. The SMILES string of the molecule is Cc1ccc(-n2c(SCc3csc(Nc4ccccc4)n3)nnc2N2CCOCC2)cc1. The number of benzene rings is 2. The second-order valence-corrected chi connectivity index (χ2v) is 9.28. The maximum Gasteiger partial charge on any atom is 0.232 e. The summed E-state index contributed by atoms with van der Waals surface area (Å²) in [6.07, 6.45) is 0. The van der Waals surface area contributed by atoms with Crippen LogP contribution in [-0.4, -0.2) is 46.1 Å². The second kappa shape index (κ2) is 9.72. The molecule has 32 heavy (non-hydrogen) atoms. The number of rotatable bonds is 7. The van der Waals surface area contributed by atoms with Gasteiger partial charge in [0.2, 0.25) is 5.95 Å². The molecule has 1 saturated heterocycles. The molecule has 9 heteroatoms. The van der Waals surface area contributed by atoms with Gasteiger partial charge in [-0.3, -0.25) is 4.57 Å². The van der Waals surface area contributed by atoms with Gasteiger partial charge in [-0.05, 0) is 31.2 Å². The average Bonchev–Trinajstić information content (AvgIpc) is 3.46. The predicted molar refractivity (Wildman–Crippen MR) is 131 cm³/mol. The van der Waals surface area contributed by atoms with E-state index in [1.54, 1.807) is 23.1 Å². The molecular weight excluding hydrogens is 440 g/mol. The van der Waals surface area contributed by atoms with Crippen LogP contribution in [0.25, 0.3) is 5.69 Å². The summed E-state index contributed by atoms with van der Waals surface area (Å²) in [6.45, 7) is 5.14. The van der Waals surface area contributed by atoms with Gasteiger partial charge in [-0.25, -0.2) is 4.98 Å². The largest absolute Gasteiger partial charge is 0.378 e. The Hall–Kier alpha value is -2.88. The number of aromatic nitrogens is 4. The number of morpholine rings is 1. The fourth-order valence-corrected chi connectivity index (χ4v) is 5.13. The first kappa shape index (κ1) is 21.0. The van der Waals surface area contributed by atoms with Gasteiger partial charge in [-0.2, -0.15) is 0 Å². The van der Waals surface area contributed by atoms with Crippen LogP contribution < -0.4 is 10.2 Å². The number of nitrogens with zero attached hydrogens (tertiary/aromatic N) is 5. The molecule has 0 radical (unpaired) electrons. The molecule has 0 unspecified atom stereocenters. The first-order valence-corrected chi connectivity index (χ1v) is 12.4. The number of aryl methyl sites for hydroxylation is 1. The van der Waals surface area contributed by atoms with Gasteiger partial charge < -0.3 is 15.0 Å². The van der Waals surface area contributed by atoms with Crippen molar-refractivity contribution in [3.63, 3.8) is 0 Å². The van der Waals surface area contributed by atoms with E-state index < -0.39 is 0 Å². The van der Waals surface area contributed by atoms with Gasteiger partial charge >= 0.3 is 0 Å². The third-order valence-corrected chi connectivity index (χ3v) is 6.90. The van der Waals surface area contributed by atoms with Crippen molar-refractivity contribution in [3.8, 4) is 5.69 Å². The smallest absolute Gasteiger partial charge is 0.232 e. The zero-order chi connectivity index (χ0) is 21.8. The van der Waals surface area contributed by atoms with Crippen molar-refractivity contribution >= 4 is 39.9 Å². The Morgan fingerprint density at radius 2 is 1.81 bits per heavy atom. The van der Waals surface area contributed by atoms with E-state index >= 15 is 0 Å². The lowest BCUT2D eigenvalue weighted by atomic mass is 10.2. The molecule has 2 aromatic carbocycles. The van der Waals surface area contributed by atoms with E-state index in [1.807, 2.05) is 30.3 Å². The van der Waals surface area contributed by atoms with Crippen LogP contribution in [0.5, 0.6) is 0 Å². The zero-order valence-electron chi connectivity index (χ0n) is 17.8. The van der Waals surface area contributed by atoms with E-state index in [0.29, 0.717) is 13.2 Å². The number of nitrogens with one attached hydrogen (secondary N) is 1. The van der Waals surface area contributed by atoms with E-state index in [0.717, 1.165) is 52.1 Å². The Balaban J connectivity index is 1.35. The molecule has 1 aliphatic heterocycles. The van der Waals surface area contributed by atoms with Gasteiger partial charge in [0.05, 0.1) is 24.6 Å². The minimum Gasteiger partial charge on any atom is -0.378 e. The first-order chi connectivity index (χ1) is 15.8. The Bertz CT molecular complexity index is 1150. The van der Waals surface area contributed by atoms with Crippen LogP contribution >= 0.6 is 23.1 Å². The number of hydrogen-bond acceptors (Lipinski definition) is 8. The van der Waals surface area contributed by atoms with Crippen molar-refractivity contribution in [2.45, 2.75) is 17.8 Å². The third kappa shape index (κ3) is 4.79. The Morgan fingerprint density at radius 1 is 1.03 bits per heavy atom. The normalized spacial score (nSPS) is 14.0. The topological polar surface area (TPSA) is 68.1 Å². The summed E-state index contributed by atoms with van der Waals surface area (Å²) in [5.74, 6) is 1.59. The van der Waals surface area contributed by atoms with Crippen molar-refractivity contribution in [1.82, 2.24) is 19.7 Å². The first-order valence-electron chi connectivity index (χ1n) is 10.5. The highest BCUT2D eigenvalue weighted by atomic mass is 32.2. The van der Waals surface area contributed by atoms with Gasteiger partial charge in [0.1, 0.15) is 0 Å². The summed E-state index contributed by atoms with van der Waals surface area (Å²) in [5, 5.41) is 16.3. The molecule has 4 aromatic rings. The summed E-state index contributed by atoms with van der Waals surface area (Å²) in [4.78, 5) is 6.97. The van der Waals surface area contributed by atoms with Gasteiger partial charge in [-0.1, -0.05) is 47.7 Å². The molecule has 0 saturated carbocycles. The minimum absolute atomic E-state index is 0.708. The summed E-state index contributed by atoms with van der Waals surface area (Å²) >= 11 is 3.26. The van der Waals surface area contributed by atoms with Crippen LogP contribution in [0, 0.1) is 6.92 Å². The van der Waals surface area contributed by atoms with Crippen LogP contribution in [0.15, 0.2) is 65.1 Å². The minimum atomic E-state index is 0.708. The van der Waals surface area contributed by atoms with Crippen molar-refractivity contribution in [3.05, 3.63) is 71.2 Å². The highest BCUT2D eigenvalue weighted by Gasteiger charge is 2.22. The van der Waals surface area contributed by atoms with Gasteiger partial charge in [-0.15, -0.1) is 21.5 Å². The maximum atomic E-state index is 5.52. The van der Waals surface area contributed by atoms with Crippen LogP contribution in [0.3, 0.4) is 0 Å². The van der Waals surface area contributed by atoms with Crippen LogP contribution in [-0.2, 0) is 10.5 Å². The average molecular weight is 465 g/mol. The van der Waals surface area contributed by atoms with Crippen LogP contribution in [0.1, 0.15) is 11.3 Å². The summed E-state index contributed by atoms with van der Waals surface area (Å²) < 4.78 is 7.67. The van der Waals surface area contributed by atoms with E-state index in [9.17, 15) is 0 Å². The van der Waals surface area contributed by atoms with Crippen molar-refractivity contribution in [1.29, 1.82) is 0 Å². The predicted octanol–water partition coefficient (Wildman–Crippen LogP) is 4.90. The highest BCUT2D eigenvalue weighted by molar-refractivity contribution is 7.98. The molecule has 7 nitrogen and oxygen atoms in total. The van der Waals surface area contributed by atoms with Gasteiger partial charge in [0.15, 0.2) is 10.3 Å². The molecule has 0 amide bonds. The molecule has 1 N–H and O–H groups in total. The molecule has 0 atom stereocenters. The van der Waals surface area contributed by atoms with E-state index in [-0.39, 0.29) is 0 Å². The maximum absolute atomic E-state index is 5.52. The van der Waals surface area contributed by atoms with Crippen molar-refractivity contribution in [2.24, 2.45) is 0 Å². The second-order valence-electron chi connectivity index (χ2n) is 7.48. The fourth-order valence-electron chi connectivity index (χ4n) is 3.46. The molecular formula is C23H24N6OS2. The summed E-state index contributed by atoms with van der Waals surface area (Å²) in [5.41, 5.74) is 4.35. The Labute approximate surface area is 195 Å². The molecule has 164 valence electrons. The van der Waals surface area contributed by atoms with E-state index in [1.165, 1.54) is 5.56 Å². The molecule has 2 aromatic heterocycles. The van der Waals surface area contributed by atoms with Crippen LogP contribution in [0.4, 0.5) is 16.8 Å². The van der Waals surface area contributed by atoms with E-state index in [2.05, 4.69) is 61.6 Å². The number of thiazole rings is 1. The molecule has 3 heterocycles. The Kier molecular flexibility index (Phi) is 6.38. The monoisotopic (exact) mass is 464 g/mol. The van der Waals surface area contributed by atoms with Crippen molar-refractivity contribution in [2.75, 3.05) is 36.5 Å². The quantitative estimate of drug-likeness (QED) is 0.390. The lowest BCUT2D eigenvalue weighted by Crippen LogP contribution is -2.37. The number of ether oxygens (including phenoxy) is 1. The molecule has 0 spiro atoms. The zero-order valence-corrected chi connectivity index (χ0v) is 19.4. The number of anilines is 3. The van der Waals surface area contributed by atoms with Crippen molar-refractivity contribution < 1.29 is 4.74 Å². The number of hydrogen-bond donors (Lipinski definition) is 1. The molecule has 0 aliphatic carbocycles. The third-order valence-electron chi connectivity index (χ3n) is 5.13. The van der Waals surface area contributed by atoms with Gasteiger partial charge in [0, 0.05) is 29.9 Å². The fraction of sp³-hybridized carbons (Fsp3) is 0.261. The standard InChI is InChI=1S/C23H24N6OS2/c1-17-7-9-20(10-8-17)29-22(28-11-13-30-14-12-28)26-27-23(29)32-16-19-15-31-21(25-19)24-18-5-3-2-4-6-18/h2-10,15H,11-14,16H2,1H3,(H,24,25). The molecule has 1 fully saturated rings. The highest BCUT2D eigenvalue weighted by Crippen LogP contribution is 2.30. The van der Waals surface area contributed by atoms with Crippen LogP contribution in [0.2, 0.25) is 0 Å². The summed E-state index contributed by atoms with van der Waals surface area (Å²) in [7, 11) is 0. The lowest BCUT2D eigenvalue weighted by Gasteiger charge is -2.27. The molecule has 5 rings (SSSR count). The lowest BCUT2D eigenvalue weighted by molar-refractivity contribution is 0.122. The molecule has 0 bridgehead atoms. The number of para-hydroxylation sites is 1. The van der Waals surface area contributed by atoms with Gasteiger partial charge in [0.25, 0.3) is 0 Å². The summed E-state index contributed by atoms with van der Waals surface area (Å²) in [6, 6.07) is 18.6.